The fourth-order valence-electron chi connectivity index (χ4n) is 2.80. The third-order valence-corrected chi connectivity index (χ3v) is 5.28. The van der Waals surface area contributed by atoms with Crippen molar-refractivity contribution in [1.29, 1.82) is 0 Å². The van der Waals surface area contributed by atoms with Gasteiger partial charge >= 0.3 is 0 Å². The number of sulfone groups is 1. The largest absolute Gasteiger partial charge is 0.395 e. The lowest BCUT2D eigenvalue weighted by molar-refractivity contribution is -0.144. The van der Waals surface area contributed by atoms with E-state index in [-0.39, 0.29) is 36.7 Å². The van der Waals surface area contributed by atoms with Crippen LogP contribution >= 0.6 is 0 Å². The molecule has 8 nitrogen and oxygen atoms in total. The van der Waals surface area contributed by atoms with Crippen molar-refractivity contribution in [3.8, 4) is 0 Å². The lowest BCUT2D eigenvalue weighted by Gasteiger charge is -2.21. The van der Waals surface area contributed by atoms with Gasteiger partial charge < -0.3 is 14.9 Å². The Morgan fingerprint density at radius 3 is 2.62 bits per heavy atom. The molecule has 1 aliphatic rings. The number of carbonyl (C=O) groups excluding carboxylic acids is 3. The smallest absolute Gasteiger partial charge is 0.290 e. The zero-order chi connectivity index (χ0) is 19.6. The van der Waals surface area contributed by atoms with Crippen LogP contribution < -0.4 is 0 Å². The zero-order valence-corrected chi connectivity index (χ0v) is 15.1. The summed E-state index contributed by atoms with van der Waals surface area (Å²) in [6, 6.07) is 3.21. The molecule has 0 aromatic heterocycles. The molecule has 1 aliphatic heterocycles. The van der Waals surface area contributed by atoms with Gasteiger partial charge in [-0.15, -0.1) is 0 Å². The van der Waals surface area contributed by atoms with Gasteiger partial charge in [-0.1, -0.05) is 6.07 Å². The minimum absolute atomic E-state index is 0.0474. The highest BCUT2D eigenvalue weighted by molar-refractivity contribution is 7.90. The third-order valence-electron chi connectivity index (χ3n) is 4.10. The third kappa shape index (κ3) is 4.07. The number of likely N-dealkylation sites (tertiary alicyclic amines) is 1. The quantitative estimate of drug-likeness (QED) is 0.506. The van der Waals surface area contributed by atoms with E-state index in [1.807, 2.05) is 0 Å². The topological polar surface area (TPSA) is 112 Å². The second-order valence-electron chi connectivity index (χ2n) is 6.11. The number of hydrogen-bond donors (Lipinski definition) is 1. The number of Topliss-reactive ketones (excluding diaryl/α,β-unsaturated/α-hetero) is 1. The fraction of sp³-hybridized carbons (Fsp3) is 0.438. The molecule has 2 amide bonds. The van der Waals surface area contributed by atoms with Gasteiger partial charge in [0, 0.05) is 32.9 Å². The Kier molecular flexibility index (Phi) is 5.77. The predicted molar refractivity (Wildman–Crippen MR) is 88.1 cm³/mol. The van der Waals surface area contributed by atoms with Crippen LogP contribution in [0.2, 0.25) is 0 Å². The highest BCUT2D eigenvalue weighted by Gasteiger charge is 2.43. The monoisotopic (exact) mass is 386 g/mol. The standard InChI is InChI=1S/C16H19FN2O6S/c1-18(8-10-3-4-11(17)7-13(10)26(2,24)25)15(22)12-9-19(5-6-20)16(23)14(12)21/h3-4,7,12,20H,5-6,8-9H2,1-2H3. The summed E-state index contributed by atoms with van der Waals surface area (Å²) in [6.07, 6.45) is 0.930. The molecule has 1 saturated heterocycles. The molecule has 26 heavy (non-hydrogen) atoms. The number of amides is 2. The van der Waals surface area contributed by atoms with Gasteiger partial charge in [0.1, 0.15) is 11.7 Å². The molecular weight excluding hydrogens is 367 g/mol. The van der Waals surface area contributed by atoms with Crippen molar-refractivity contribution in [3.63, 3.8) is 0 Å². The van der Waals surface area contributed by atoms with Gasteiger partial charge in [0.05, 0.1) is 11.5 Å². The number of aliphatic hydroxyl groups excluding tert-OH is 1. The van der Waals surface area contributed by atoms with Crippen LogP contribution in [0.25, 0.3) is 0 Å². The second kappa shape index (κ2) is 7.50. The Balaban J connectivity index is 2.21. The molecule has 0 aliphatic carbocycles. The van der Waals surface area contributed by atoms with E-state index in [9.17, 15) is 27.2 Å². The van der Waals surface area contributed by atoms with Crippen LogP contribution in [0.3, 0.4) is 0 Å². The maximum atomic E-state index is 13.4. The van der Waals surface area contributed by atoms with E-state index in [1.165, 1.54) is 13.1 Å². The van der Waals surface area contributed by atoms with Crippen LogP contribution in [-0.4, -0.2) is 73.9 Å². The molecule has 1 fully saturated rings. The first kappa shape index (κ1) is 20.0. The highest BCUT2D eigenvalue weighted by Crippen LogP contribution is 2.21. The van der Waals surface area contributed by atoms with Crippen LogP contribution in [0.4, 0.5) is 4.39 Å². The fourth-order valence-corrected chi connectivity index (χ4v) is 3.73. The van der Waals surface area contributed by atoms with Crippen LogP contribution in [0.15, 0.2) is 23.1 Å². The SMILES string of the molecule is CN(Cc1ccc(F)cc1S(C)(=O)=O)C(=O)C1CN(CCO)C(=O)C1=O. The van der Waals surface area contributed by atoms with E-state index in [1.54, 1.807) is 0 Å². The van der Waals surface area contributed by atoms with E-state index in [2.05, 4.69) is 0 Å². The molecule has 0 bridgehead atoms. The molecule has 1 N–H and O–H groups in total. The molecule has 10 heteroatoms. The summed E-state index contributed by atoms with van der Waals surface area (Å²) < 4.78 is 37.0. The van der Waals surface area contributed by atoms with Gasteiger partial charge in [-0.2, -0.15) is 0 Å². The van der Waals surface area contributed by atoms with Crippen molar-refractivity contribution < 1.29 is 32.3 Å². The summed E-state index contributed by atoms with van der Waals surface area (Å²) in [6.45, 7) is -0.680. The first-order chi connectivity index (χ1) is 12.1. The number of nitrogens with zero attached hydrogens (tertiary/aromatic N) is 2. The minimum Gasteiger partial charge on any atom is -0.395 e. The van der Waals surface area contributed by atoms with Crippen LogP contribution in [0.5, 0.6) is 0 Å². The number of hydrogen-bond acceptors (Lipinski definition) is 6. The summed E-state index contributed by atoms with van der Waals surface area (Å²) in [5, 5.41) is 8.90. The van der Waals surface area contributed by atoms with Gasteiger partial charge in [0.2, 0.25) is 11.7 Å². The van der Waals surface area contributed by atoms with Crippen molar-refractivity contribution in [1.82, 2.24) is 9.80 Å². The highest BCUT2D eigenvalue weighted by atomic mass is 32.2. The Morgan fingerprint density at radius 1 is 1.38 bits per heavy atom. The molecule has 142 valence electrons. The number of β-amino-alcohol motifs (C(OH)–C–C–N with tert-alkyl or cyclic N) is 1. The second-order valence-corrected chi connectivity index (χ2v) is 8.09. The summed E-state index contributed by atoms with van der Waals surface area (Å²) in [7, 11) is -2.35. The lowest BCUT2D eigenvalue weighted by atomic mass is 10.1. The van der Waals surface area contributed by atoms with Crippen LogP contribution in [-0.2, 0) is 30.8 Å². The van der Waals surface area contributed by atoms with E-state index in [4.69, 9.17) is 5.11 Å². The van der Waals surface area contributed by atoms with E-state index < -0.39 is 39.2 Å². The number of benzene rings is 1. The maximum absolute atomic E-state index is 13.4. The first-order valence-electron chi connectivity index (χ1n) is 7.73. The van der Waals surface area contributed by atoms with Crippen LogP contribution in [0.1, 0.15) is 5.56 Å². The van der Waals surface area contributed by atoms with Crippen molar-refractivity contribution >= 4 is 27.4 Å². The molecule has 1 atom stereocenters. The van der Waals surface area contributed by atoms with Crippen LogP contribution in [0, 0.1) is 11.7 Å². The summed E-state index contributed by atoms with van der Waals surface area (Å²) >= 11 is 0. The molecular formula is C16H19FN2O6S. The molecule has 1 unspecified atom stereocenters. The Bertz CT molecular complexity index is 854. The normalized spacial score (nSPS) is 17.7. The summed E-state index contributed by atoms with van der Waals surface area (Å²) in [5.74, 6) is -4.27. The molecule has 1 aromatic carbocycles. The number of ketones is 1. The number of aliphatic hydroxyl groups is 1. The number of carbonyl (C=O) groups is 3. The predicted octanol–water partition coefficient (Wildman–Crippen LogP) is -0.793. The Labute approximate surface area is 150 Å². The van der Waals surface area contributed by atoms with Gasteiger partial charge in [-0.05, 0) is 17.7 Å². The summed E-state index contributed by atoms with van der Waals surface area (Å²) in [5.41, 5.74) is 0.203. The molecule has 0 saturated carbocycles. The van der Waals surface area contributed by atoms with E-state index >= 15 is 0 Å². The molecule has 0 spiro atoms. The lowest BCUT2D eigenvalue weighted by Crippen LogP contribution is -2.37. The average molecular weight is 386 g/mol. The number of rotatable bonds is 6. The Morgan fingerprint density at radius 2 is 2.04 bits per heavy atom. The van der Waals surface area contributed by atoms with Gasteiger partial charge in [0.15, 0.2) is 9.84 Å². The van der Waals surface area contributed by atoms with E-state index in [0.29, 0.717) is 0 Å². The van der Waals surface area contributed by atoms with Crippen molar-refractivity contribution in [2.24, 2.45) is 5.92 Å². The van der Waals surface area contributed by atoms with Crippen molar-refractivity contribution in [2.45, 2.75) is 11.4 Å². The van der Waals surface area contributed by atoms with Gasteiger partial charge in [0.25, 0.3) is 5.91 Å². The molecule has 1 aromatic rings. The average Bonchev–Trinajstić information content (AvgIpc) is 2.83. The van der Waals surface area contributed by atoms with Crippen molar-refractivity contribution in [2.75, 3.05) is 33.0 Å². The van der Waals surface area contributed by atoms with Crippen molar-refractivity contribution in [3.05, 3.63) is 29.6 Å². The van der Waals surface area contributed by atoms with Gasteiger partial charge in [-0.3, -0.25) is 14.4 Å². The maximum Gasteiger partial charge on any atom is 0.290 e. The number of halogens is 1. The molecule has 0 radical (unpaired) electrons. The Hall–Kier alpha value is -2.33. The molecule has 2 rings (SSSR count). The summed E-state index contributed by atoms with van der Waals surface area (Å²) in [4.78, 5) is 38.3. The molecule has 1 heterocycles. The minimum atomic E-state index is -3.72. The zero-order valence-electron chi connectivity index (χ0n) is 14.3. The van der Waals surface area contributed by atoms with Gasteiger partial charge in [-0.25, -0.2) is 12.8 Å². The van der Waals surface area contributed by atoms with E-state index in [0.717, 1.165) is 28.2 Å². The first-order valence-corrected chi connectivity index (χ1v) is 9.62.